The SMILES string of the molecule is Cc1nn(-c2ccccc2)c(C)c1C(=O)N1CCN(CCOc2ccccc2)CC1. The number of hydrogen-bond donors (Lipinski definition) is 0. The second-order valence-electron chi connectivity index (χ2n) is 7.59. The van der Waals surface area contributed by atoms with E-state index in [9.17, 15) is 4.79 Å². The molecule has 1 aliphatic heterocycles. The second kappa shape index (κ2) is 9.13. The van der Waals surface area contributed by atoms with Gasteiger partial charge in [0, 0.05) is 32.7 Å². The highest BCUT2D eigenvalue weighted by molar-refractivity contribution is 5.96. The summed E-state index contributed by atoms with van der Waals surface area (Å²) >= 11 is 0. The van der Waals surface area contributed by atoms with Crippen molar-refractivity contribution in [1.82, 2.24) is 19.6 Å². The summed E-state index contributed by atoms with van der Waals surface area (Å²) in [5.74, 6) is 0.972. The highest BCUT2D eigenvalue weighted by Gasteiger charge is 2.27. The Morgan fingerprint density at radius 2 is 1.57 bits per heavy atom. The van der Waals surface area contributed by atoms with Gasteiger partial charge in [-0.05, 0) is 38.1 Å². The number of benzene rings is 2. The van der Waals surface area contributed by atoms with Crippen LogP contribution in [-0.4, -0.2) is 64.8 Å². The fourth-order valence-corrected chi connectivity index (χ4v) is 3.91. The largest absolute Gasteiger partial charge is 0.492 e. The number of rotatable bonds is 6. The van der Waals surface area contributed by atoms with Crippen LogP contribution < -0.4 is 4.74 Å². The zero-order valence-corrected chi connectivity index (χ0v) is 17.6. The van der Waals surface area contributed by atoms with Gasteiger partial charge in [-0.2, -0.15) is 5.10 Å². The Kier molecular flexibility index (Phi) is 6.14. The van der Waals surface area contributed by atoms with Crippen molar-refractivity contribution in [3.05, 3.63) is 77.6 Å². The molecule has 1 fully saturated rings. The number of ether oxygens (including phenoxy) is 1. The van der Waals surface area contributed by atoms with Crippen molar-refractivity contribution < 1.29 is 9.53 Å². The Labute approximate surface area is 177 Å². The summed E-state index contributed by atoms with van der Waals surface area (Å²) in [5, 5.41) is 4.62. The summed E-state index contributed by atoms with van der Waals surface area (Å²) in [7, 11) is 0. The molecule has 0 unspecified atom stereocenters. The van der Waals surface area contributed by atoms with Crippen LogP contribution in [0.2, 0.25) is 0 Å². The topological polar surface area (TPSA) is 50.6 Å². The van der Waals surface area contributed by atoms with Crippen molar-refractivity contribution in [3.8, 4) is 11.4 Å². The van der Waals surface area contributed by atoms with Crippen LogP contribution in [0.15, 0.2) is 60.7 Å². The molecule has 1 amide bonds. The number of aryl methyl sites for hydroxylation is 1. The first-order valence-corrected chi connectivity index (χ1v) is 10.4. The van der Waals surface area contributed by atoms with Gasteiger partial charge in [0.1, 0.15) is 12.4 Å². The van der Waals surface area contributed by atoms with Crippen LogP contribution in [0.25, 0.3) is 5.69 Å². The summed E-state index contributed by atoms with van der Waals surface area (Å²) in [4.78, 5) is 17.5. The quantitative estimate of drug-likeness (QED) is 0.632. The highest BCUT2D eigenvalue weighted by Crippen LogP contribution is 2.20. The normalized spacial score (nSPS) is 14.7. The molecule has 0 spiro atoms. The lowest BCUT2D eigenvalue weighted by molar-refractivity contribution is 0.0619. The summed E-state index contributed by atoms with van der Waals surface area (Å²) < 4.78 is 7.66. The molecule has 2 heterocycles. The van der Waals surface area contributed by atoms with Crippen molar-refractivity contribution in [2.45, 2.75) is 13.8 Å². The van der Waals surface area contributed by atoms with Gasteiger partial charge in [0.05, 0.1) is 22.6 Å². The predicted molar refractivity (Wildman–Crippen MR) is 117 cm³/mol. The van der Waals surface area contributed by atoms with Gasteiger partial charge in [-0.25, -0.2) is 4.68 Å². The van der Waals surface area contributed by atoms with Gasteiger partial charge < -0.3 is 9.64 Å². The van der Waals surface area contributed by atoms with Crippen molar-refractivity contribution in [2.24, 2.45) is 0 Å². The molecule has 0 aliphatic carbocycles. The van der Waals surface area contributed by atoms with Crippen LogP contribution in [0.1, 0.15) is 21.7 Å². The number of nitrogens with zero attached hydrogens (tertiary/aromatic N) is 4. The highest BCUT2D eigenvalue weighted by atomic mass is 16.5. The molecule has 4 rings (SSSR count). The zero-order valence-electron chi connectivity index (χ0n) is 17.6. The minimum Gasteiger partial charge on any atom is -0.492 e. The molecule has 2 aromatic carbocycles. The lowest BCUT2D eigenvalue weighted by Crippen LogP contribution is -2.49. The lowest BCUT2D eigenvalue weighted by atomic mass is 10.1. The second-order valence-corrected chi connectivity index (χ2v) is 7.59. The van der Waals surface area contributed by atoms with E-state index in [1.165, 1.54) is 0 Å². The standard InChI is InChI=1S/C24H28N4O2/c1-19-23(20(2)28(25-19)21-9-5-3-6-10-21)24(29)27-15-13-26(14-16-27)17-18-30-22-11-7-4-8-12-22/h3-12H,13-18H2,1-2H3. The minimum atomic E-state index is 0.0763. The molecule has 0 N–H and O–H groups in total. The third-order valence-corrected chi connectivity index (χ3v) is 5.58. The third-order valence-electron chi connectivity index (χ3n) is 5.58. The number of hydrogen-bond acceptors (Lipinski definition) is 4. The van der Waals surface area contributed by atoms with E-state index in [0.29, 0.717) is 6.61 Å². The molecule has 0 atom stereocenters. The summed E-state index contributed by atoms with van der Waals surface area (Å²) in [6.45, 7) is 8.55. The Bertz CT molecular complexity index is 977. The monoisotopic (exact) mass is 404 g/mol. The molecule has 0 bridgehead atoms. The minimum absolute atomic E-state index is 0.0763. The maximum absolute atomic E-state index is 13.2. The van der Waals surface area contributed by atoms with Gasteiger partial charge in [0.2, 0.25) is 0 Å². The predicted octanol–water partition coefficient (Wildman–Crippen LogP) is 3.33. The third kappa shape index (κ3) is 4.39. The van der Waals surface area contributed by atoms with Crippen molar-refractivity contribution in [2.75, 3.05) is 39.3 Å². The van der Waals surface area contributed by atoms with Crippen LogP contribution in [0, 0.1) is 13.8 Å². The van der Waals surface area contributed by atoms with Crippen LogP contribution in [-0.2, 0) is 0 Å². The molecule has 1 aliphatic rings. The van der Waals surface area contributed by atoms with Crippen molar-refractivity contribution in [3.63, 3.8) is 0 Å². The van der Waals surface area contributed by atoms with Gasteiger partial charge >= 0.3 is 0 Å². The fourth-order valence-electron chi connectivity index (χ4n) is 3.91. The number of amides is 1. The van der Waals surface area contributed by atoms with E-state index in [2.05, 4.69) is 10.00 Å². The molecule has 156 valence electrons. The van der Waals surface area contributed by atoms with E-state index in [-0.39, 0.29) is 5.91 Å². The Balaban J connectivity index is 1.34. The molecule has 1 aromatic heterocycles. The van der Waals surface area contributed by atoms with E-state index in [4.69, 9.17) is 4.74 Å². The van der Waals surface area contributed by atoms with Crippen LogP contribution in [0.3, 0.4) is 0 Å². The average molecular weight is 405 g/mol. The van der Waals surface area contributed by atoms with Gasteiger partial charge in [0.15, 0.2) is 0 Å². The Hall–Kier alpha value is -3.12. The molecule has 3 aromatic rings. The molecule has 0 saturated carbocycles. The molecule has 30 heavy (non-hydrogen) atoms. The van der Waals surface area contributed by atoms with E-state index < -0.39 is 0 Å². The van der Waals surface area contributed by atoms with Gasteiger partial charge in [-0.1, -0.05) is 36.4 Å². The number of para-hydroxylation sites is 2. The van der Waals surface area contributed by atoms with E-state index in [1.54, 1.807) is 0 Å². The van der Waals surface area contributed by atoms with Crippen molar-refractivity contribution in [1.29, 1.82) is 0 Å². The first-order chi connectivity index (χ1) is 14.6. The van der Waals surface area contributed by atoms with Gasteiger partial charge in [0.25, 0.3) is 5.91 Å². The van der Waals surface area contributed by atoms with Crippen molar-refractivity contribution >= 4 is 5.91 Å². The number of carbonyl (C=O) groups is 1. The fraction of sp³-hybridized carbons (Fsp3) is 0.333. The van der Waals surface area contributed by atoms with Crippen LogP contribution >= 0.6 is 0 Å². The maximum Gasteiger partial charge on any atom is 0.257 e. The Morgan fingerprint density at radius 1 is 0.933 bits per heavy atom. The maximum atomic E-state index is 13.2. The first kappa shape index (κ1) is 20.2. The van der Waals surface area contributed by atoms with Gasteiger partial charge in [-0.3, -0.25) is 9.69 Å². The lowest BCUT2D eigenvalue weighted by Gasteiger charge is -2.34. The zero-order chi connectivity index (χ0) is 20.9. The summed E-state index contributed by atoms with van der Waals surface area (Å²) in [6, 6.07) is 19.8. The molecular weight excluding hydrogens is 376 g/mol. The molecule has 6 nitrogen and oxygen atoms in total. The number of aromatic nitrogens is 2. The van der Waals surface area contributed by atoms with E-state index in [1.807, 2.05) is 84.1 Å². The molecule has 6 heteroatoms. The average Bonchev–Trinajstić information content (AvgIpc) is 3.09. The first-order valence-electron chi connectivity index (χ1n) is 10.4. The number of piperazine rings is 1. The smallest absolute Gasteiger partial charge is 0.257 e. The molecular formula is C24H28N4O2. The summed E-state index contributed by atoms with van der Waals surface area (Å²) in [6.07, 6.45) is 0. The van der Waals surface area contributed by atoms with Gasteiger partial charge in [-0.15, -0.1) is 0 Å². The van der Waals surface area contributed by atoms with E-state index >= 15 is 0 Å². The van der Waals surface area contributed by atoms with Crippen LogP contribution in [0.5, 0.6) is 5.75 Å². The Morgan fingerprint density at radius 3 is 2.23 bits per heavy atom. The molecule has 1 saturated heterocycles. The summed E-state index contributed by atoms with van der Waals surface area (Å²) in [5.41, 5.74) is 3.36. The van der Waals surface area contributed by atoms with Crippen LogP contribution in [0.4, 0.5) is 0 Å². The molecule has 0 radical (unpaired) electrons. The van der Waals surface area contributed by atoms with E-state index in [0.717, 1.165) is 61.1 Å². The number of carbonyl (C=O) groups excluding carboxylic acids is 1.